The lowest BCUT2D eigenvalue weighted by Crippen LogP contribution is -2.58. The fraction of sp³-hybridized carbons (Fsp3) is 0.789. The summed E-state index contributed by atoms with van der Waals surface area (Å²) < 4.78 is 0. The van der Waals surface area contributed by atoms with Crippen LogP contribution in [0, 0.1) is 17.8 Å². The van der Waals surface area contributed by atoms with Crippen LogP contribution in [-0.4, -0.2) is 5.54 Å². The summed E-state index contributed by atoms with van der Waals surface area (Å²) in [5.41, 5.74) is 0.796. The summed E-state index contributed by atoms with van der Waals surface area (Å²) in [6.45, 7) is 8.03. The van der Waals surface area contributed by atoms with Crippen LogP contribution in [0.5, 0.6) is 0 Å². The molecule has 0 aromatic carbocycles. The standard InChI is InChI=1S/C19H29NS/c1-18(2,3)17-5-4-16(21-17)12-20-19-9-13-6-14(10-19)8-15(7-13)11-19/h4-5,13-15,20H,6-12H2,1-3H3. The van der Waals surface area contributed by atoms with E-state index in [0.29, 0.717) is 11.0 Å². The van der Waals surface area contributed by atoms with Crippen LogP contribution in [0.15, 0.2) is 12.1 Å². The second-order valence-corrected chi connectivity index (χ2v) is 10.2. The maximum absolute atomic E-state index is 4.02. The average Bonchev–Trinajstić information content (AvgIpc) is 2.83. The fourth-order valence-corrected chi connectivity index (χ4v) is 6.48. The molecule has 1 aromatic heterocycles. The molecular formula is C19H29NS. The van der Waals surface area contributed by atoms with Gasteiger partial charge in [0.05, 0.1) is 0 Å². The van der Waals surface area contributed by atoms with Crippen molar-refractivity contribution in [2.24, 2.45) is 17.8 Å². The predicted octanol–water partition coefficient (Wildman–Crippen LogP) is 5.10. The highest BCUT2D eigenvalue weighted by Crippen LogP contribution is 2.55. The Morgan fingerprint density at radius 1 is 1.05 bits per heavy atom. The molecule has 2 heteroatoms. The summed E-state index contributed by atoms with van der Waals surface area (Å²) in [5.74, 6) is 3.12. The Labute approximate surface area is 133 Å². The fourth-order valence-electron chi connectivity index (χ4n) is 5.48. The molecule has 21 heavy (non-hydrogen) atoms. The van der Waals surface area contributed by atoms with Crippen molar-refractivity contribution in [2.45, 2.75) is 76.8 Å². The van der Waals surface area contributed by atoms with Crippen molar-refractivity contribution in [1.82, 2.24) is 5.32 Å². The maximum atomic E-state index is 4.02. The van der Waals surface area contributed by atoms with Crippen molar-refractivity contribution < 1.29 is 0 Å². The maximum Gasteiger partial charge on any atom is 0.0305 e. The van der Waals surface area contributed by atoms with E-state index in [1.807, 2.05) is 11.3 Å². The van der Waals surface area contributed by atoms with E-state index in [1.54, 1.807) is 0 Å². The van der Waals surface area contributed by atoms with Crippen LogP contribution >= 0.6 is 11.3 Å². The topological polar surface area (TPSA) is 12.0 Å². The minimum atomic E-state index is 0.295. The minimum Gasteiger partial charge on any atom is -0.306 e. The van der Waals surface area contributed by atoms with E-state index in [4.69, 9.17) is 0 Å². The molecule has 0 radical (unpaired) electrons. The molecule has 4 aliphatic carbocycles. The summed E-state index contributed by atoms with van der Waals surface area (Å²) in [5, 5.41) is 4.02. The highest BCUT2D eigenvalue weighted by atomic mass is 32.1. The van der Waals surface area contributed by atoms with E-state index in [1.165, 1.54) is 48.3 Å². The number of thiophene rings is 1. The first-order valence-corrected chi connectivity index (χ1v) is 9.58. The molecule has 0 atom stereocenters. The molecule has 0 unspecified atom stereocenters. The van der Waals surface area contributed by atoms with Crippen LogP contribution in [0.4, 0.5) is 0 Å². The van der Waals surface area contributed by atoms with Gasteiger partial charge in [0.1, 0.15) is 0 Å². The zero-order chi connectivity index (χ0) is 14.7. The molecule has 1 N–H and O–H groups in total. The van der Waals surface area contributed by atoms with E-state index in [9.17, 15) is 0 Å². The zero-order valence-electron chi connectivity index (χ0n) is 13.7. The lowest BCUT2D eigenvalue weighted by Gasteiger charge is -2.57. The first-order valence-electron chi connectivity index (χ1n) is 8.76. The molecule has 1 heterocycles. The van der Waals surface area contributed by atoms with Gasteiger partial charge in [0.15, 0.2) is 0 Å². The monoisotopic (exact) mass is 303 g/mol. The lowest BCUT2D eigenvalue weighted by atomic mass is 9.53. The molecule has 0 spiro atoms. The molecule has 4 fully saturated rings. The third kappa shape index (κ3) is 2.70. The smallest absolute Gasteiger partial charge is 0.0305 e. The molecule has 1 aromatic rings. The van der Waals surface area contributed by atoms with Gasteiger partial charge in [-0.2, -0.15) is 0 Å². The highest BCUT2D eigenvalue weighted by molar-refractivity contribution is 7.12. The Bertz CT molecular complexity index is 487. The third-order valence-electron chi connectivity index (χ3n) is 6.08. The summed E-state index contributed by atoms with van der Waals surface area (Å²) in [6.07, 6.45) is 8.97. The van der Waals surface area contributed by atoms with Gasteiger partial charge in [-0.05, 0) is 73.8 Å². The van der Waals surface area contributed by atoms with Crippen molar-refractivity contribution in [2.75, 3.05) is 0 Å². The van der Waals surface area contributed by atoms with E-state index < -0.39 is 0 Å². The summed E-state index contributed by atoms with van der Waals surface area (Å²) in [7, 11) is 0. The van der Waals surface area contributed by atoms with Crippen LogP contribution in [-0.2, 0) is 12.0 Å². The average molecular weight is 304 g/mol. The van der Waals surface area contributed by atoms with Gasteiger partial charge in [0.2, 0.25) is 0 Å². The Hall–Kier alpha value is -0.340. The Morgan fingerprint density at radius 3 is 2.10 bits per heavy atom. The summed E-state index contributed by atoms with van der Waals surface area (Å²) in [6, 6.07) is 4.68. The van der Waals surface area contributed by atoms with Gasteiger partial charge in [-0.15, -0.1) is 11.3 Å². The molecule has 4 aliphatic rings. The van der Waals surface area contributed by atoms with Crippen molar-refractivity contribution >= 4 is 11.3 Å². The quantitative estimate of drug-likeness (QED) is 0.818. The molecule has 116 valence electrons. The first kappa shape index (κ1) is 14.3. The van der Waals surface area contributed by atoms with E-state index in [-0.39, 0.29) is 0 Å². The van der Waals surface area contributed by atoms with E-state index in [2.05, 4.69) is 38.2 Å². The molecule has 1 nitrogen and oxygen atoms in total. The highest BCUT2D eigenvalue weighted by Gasteiger charge is 2.50. The Balaban J connectivity index is 1.44. The van der Waals surface area contributed by atoms with Crippen LogP contribution in [0.2, 0.25) is 0 Å². The van der Waals surface area contributed by atoms with Gasteiger partial charge in [0.25, 0.3) is 0 Å². The van der Waals surface area contributed by atoms with Gasteiger partial charge >= 0.3 is 0 Å². The van der Waals surface area contributed by atoms with Gasteiger partial charge in [-0.25, -0.2) is 0 Å². The molecular weight excluding hydrogens is 274 g/mol. The van der Waals surface area contributed by atoms with Gasteiger partial charge < -0.3 is 5.32 Å². The molecule has 0 aliphatic heterocycles. The minimum absolute atomic E-state index is 0.295. The zero-order valence-corrected chi connectivity index (χ0v) is 14.6. The van der Waals surface area contributed by atoms with Crippen molar-refractivity contribution in [3.63, 3.8) is 0 Å². The van der Waals surface area contributed by atoms with Crippen LogP contribution in [0.25, 0.3) is 0 Å². The molecule has 4 saturated carbocycles. The van der Waals surface area contributed by atoms with Crippen LogP contribution in [0.3, 0.4) is 0 Å². The van der Waals surface area contributed by atoms with Gasteiger partial charge in [-0.1, -0.05) is 20.8 Å². The van der Waals surface area contributed by atoms with Crippen LogP contribution < -0.4 is 5.32 Å². The first-order chi connectivity index (χ1) is 9.92. The Kier molecular flexibility index (Phi) is 3.28. The molecule has 0 amide bonds. The van der Waals surface area contributed by atoms with Crippen molar-refractivity contribution in [3.8, 4) is 0 Å². The normalized spacial score (nSPS) is 38.1. The number of hydrogen-bond donors (Lipinski definition) is 1. The Morgan fingerprint density at radius 2 is 1.62 bits per heavy atom. The number of rotatable bonds is 3. The summed E-state index contributed by atoms with van der Waals surface area (Å²) >= 11 is 2.01. The van der Waals surface area contributed by atoms with E-state index in [0.717, 1.165) is 24.3 Å². The number of hydrogen-bond acceptors (Lipinski definition) is 2. The molecule has 5 rings (SSSR count). The lowest BCUT2D eigenvalue weighted by molar-refractivity contribution is -0.0204. The summed E-state index contributed by atoms with van der Waals surface area (Å²) in [4.78, 5) is 3.04. The number of nitrogens with one attached hydrogen (secondary N) is 1. The predicted molar refractivity (Wildman–Crippen MR) is 90.8 cm³/mol. The van der Waals surface area contributed by atoms with Crippen LogP contribution in [0.1, 0.15) is 69.1 Å². The molecule has 0 saturated heterocycles. The largest absolute Gasteiger partial charge is 0.306 e. The van der Waals surface area contributed by atoms with Crippen molar-refractivity contribution in [1.29, 1.82) is 0 Å². The second kappa shape index (κ2) is 4.83. The molecule has 4 bridgehead atoms. The van der Waals surface area contributed by atoms with E-state index >= 15 is 0 Å². The van der Waals surface area contributed by atoms with Gasteiger partial charge in [-0.3, -0.25) is 0 Å². The second-order valence-electron chi connectivity index (χ2n) is 9.07. The van der Waals surface area contributed by atoms with Crippen molar-refractivity contribution in [3.05, 3.63) is 21.9 Å². The third-order valence-corrected chi connectivity index (χ3v) is 7.59. The SMILES string of the molecule is CC(C)(C)c1ccc(CNC23CC4CC(CC(C4)C2)C3)s1. The van der Waals surface area contributed by atoms with Gasteiger partial charge in [0, 0.05) is 21.8 Å².